The Hall–Kier alpha value is -2.24. The van der Waals surface area contributed by atoms with Crippen LogP contribution in [0.5, 0.6) is 0 Å². The summed E-state index contributed by atoms with van der Waals surface area (Å²) in [7, 11) is -3.65. The zero-order valence-corrected chi connectivity index (χ0v) is 15.7. The van der Waals surface area contributed by atoms with E-state index in [0.717, 1.165) is 0 Å². The number of nitrogens with one attached hydrogen (secondary N) is 1. The Morgan fingerprint density at radius 3 is 2.38 bits per heavy atom. The van der Waals surface area contributed by atoms with Crippen molar-refractivity contribution in [3.8, 4) is 0 Å². The van der Waals surface area contributed by atoms with Crippen LogP contribution in [0.4, 0.5) is 5.88 Å². The molecule has 0 aliphatic carbocycles. The highest BCUT2D eigenvalue weighted by atomic mass is 32.2. The van der Waals surface area contributed by atoms with E-state index in [9.17, 15) is 13.2 Å². The molecule has 0 spiro atoms. The molecule has 10 nitrogen and oxygen atoms in total. The number of rotatable bonds is 5. The first-order valence-corrected chi connectivity index (χ1v) is 9.60. The fourth-order valence-electron chi connectivity index (χ4n) is 2.90. The molecule has 2 aromatic rings. The van der Waals surface area contributed by atoms with Gasteiger partial charge in [-0.2, -0.15) is 4.31 Å². The first kappa shape index (κ1) is 18.5. The lowest BCUT2D eigenvalue weighted by atomic mass is 10.3. The van der Waals surface area contributed by atoms with Gasteiger partial charge < -0.3 is 9.05 Å². The van der Waals surface area contributed by atoms with Gasteiger partial charge in [0.05, 0.1) is 12.2 Å². The minimum absolute atomic E-state index is 0.129. The largest absolute Gasteiger partial charge is 0.360 e. The summed E-state index contributed by atoms with van der Waals surface area (Å²) in [6, 6.07) is 1.63. The number of amides is 1. The molecule has 3 rings (SSSR count). The molecule has 142 valence electrons. The van der Waals surface area contributed by atoms with Gasteiger partial charge in [-0.25, -0.2) is 8.42 Å². The van der Waals surface area contributed by atoms with Crippen LogP contribution in [0.2, 0.25) is 0 Å². The number of sulfonamides is 1. The van der Waals surface area contributed by atoms with Crippen molar-refractivity contribution in [3.05, 3.63) is 23.2 Å². The molecule has 11 heteroatoms. The van der Waals surface area contributed by atoms with Crippen LogP contribution in [0.3, 0.4) is 0 Å². The van der Waals surface area contributed by atoms with E-state index in [1.165, 1.54) is 4.31 Å². The zero-order valence-electron chi connectivity index (χ0n) is 14.9. The molecule has 2 aromatic heterocycles. The number of piperazine rings is 1. The summed E-state index contributed by atoms with van der Waals surface area (Å²) in [4.78, 5) is 14.1. The summed E-state index contributed by atoms with van der Waals surface area (Å²) in [6.45, 7) is 6.59. The molecule has 1 N–H and O–H groups in total. The Balaban J connectivity index is 1.56. The second-order valence-corrected chi connectivity index (χ2v) is 8.09. The van der Waals surface area contributed by atoms with Gasteiger partial charge in [0.15, 0.2) is 5.76 Å². The van der Waals surface area contributed by atoms with Crippen molar-refractivity contribution in [3.63, 3.8) is 0 Å². The van der Waals surface area contributed by atoms with E-state index in [1.54, 1.807) is 26.8 Å². The summed E-state index contributed by atoms with van der Waals surface area (Å²) < 4.78 is 36.9. The third kappa shape index (κ3) is 3.79. The maximum Gasteiger partial charge on any atom is 0.248 e. The average Bonchev–Trinajstić information content (AvgIpc) is 3.13. The monoisotopic (exact) mass is 383 g/mol. The molecule has 0 aromatic carbocycles. The SMILES string of the molecule is Cc1cc(NC(=O)CN2CCN(S(=O)(=O)c3c(C)noc3C)CC2)on1. The third-order valence-corrected chi connectivity index (χ3v) is 6.30. The Labute approximate surface area is 151 Å². The van der Waals surface area contributed by atoms with E-state index in [-0.39, 0.29) is 23.1 Å². The van der Waals surface area contributed by atoms with E-state index >= 15 is 0 Å². The zero-order chi connectivity index (χ0) is 18.9. The number of carbonyl (C=O) groups excluding carboxylic acids is 1. The molecule has 1 aliphatic rings. The predicted molar refractivity (Wildman–Crippen MR) is 91.0 cm³/mol. The summed E-state index contributed by atoms with van der Waals surface area (Å²) >= 11 is 0. The van der Waals surface area contributed by atoms with Crippen LogP contribution in [-0.2, 0) is 14.8 Å². The van der Waals surface area contributed by atoms with Crippen LogP contribution in [0.25, 0.3) is 0 Å². The number of hydrogen-bond acceptors (Lipinski definition) is 8. The molecule has 0 unspecified atom stereocenters. The summed E-state index contributed by atoms with van der Waals surface area (Å²) in [5.41, 5.74) is 1.03. The fourth-order valence-corrected chi connectivity index (χ4v) is 4.62. The second kappa shape index (κ2) is 7.17. The molecule has 0 bridgehead atoms. The van der Waals surface area contributed by atoms with E-state index in [0.29, 0.717) is 43.5 Å². The average molecular weight is 383 g/mol. The van der Waals surface area contributed by atoms with Crippen molar-refractivity contribution >= 4 is 21.8 Å². The third-order valence-electron chi connectivity index (χ3n) is 4.15. The molecule has 1 aliphatic heterocycles. The lowest BCUT2D eigenvalue weighted by Gasteiger charge is -2.33. The second-order valence-electron chi connectivity index (χ2n) is 6.21. The van der Waals surface area contributed by atoms with Crippen LogP contribution in [0.1, 0.15) is 17.1 Å². The van der Waals surface area contributed by atoms with Gasteiger partial charge in [-0.05, 0) is 20.8 Å². The topological polar surface area (TPSA) is 122 Å². The summed E-state index contributed by atoms with van der Waals surface area (Å²) in [5.74, 6) is 0.349. The molecule has 0 radical (unpaired) electrons. The summed E-state index contributed by atoms with van der Waals surface area (Å²) in [5, 5.41) is 10.0. The summed E-state index contributed by atoms with van der Waals surface area (Å²) in [6.07, 6.45) is 0. The molecule has 0 saturated carbocycles. The number of anilines is 1. The molecule has 1 saturated heterocycles. The van der Waals surface area contributed by atoms with Gasteiger partial charge in [0.1, 0.15) is 10.6 Å². The van der Waals surface area contributed by atoms with Gasteiger partial charge >= 0.3 is 0 Å². The number of carbonyl (C=O) groups is 1. The molecular weight excluding hydrogens is 362 g/mol. The number of nitrogens with zero attached hydrogens (tertiary/aromatic N) is 4. The highest BCUT2D eigenvalue weighted by molar-refractivity contribution is 7.89. The van der Waals surface area contributed by atoms with Crippen LogP contribution in [0.15, 0.2) is 20.0 Å². The van der Waals surface area contributed by atoms with Gasteiger partial charge in [0.2, 0.25) is 21.8 Å². The van der Waals surface area contributed by atoms with Gasteiger partial charge in [-0.1, -0.05) is 10.3 Å². The van der Waals surface area contributed by atoms with Crippen molar-refractivity contribution in [1.29, 1.82) is 0 Å². The number of aryl methyl sites for hydroxylation is 3. The normalized spacial score (nSPS) is 16.7. The quantitative estimate of drug-likeness (QED) is 0.793. The van der Waals surface area contributed by atoms with E-state index in [1.807, 2.05) is 4.90 Å². The van der Waals surface area contributed by atoms with E-state index in [4.69, 9.17) is 9.05 Å². The highest BCUT2D eigenvalue weighted by Gasteiger charge is 2.33. The lowest BCUT2D eigenvalue weighted by Crippen LogP contribution is -2.50. The van der Waals surface area contributed by atoms with Crippen LogP contribution in [0, 0.1) is 20.8 Å². The maximum absolute atomic E-state index is 12.8. The van der Waals surface area contributed by atoms with Gasteiger partial charge in [-0.3, -0.25) is 15.0 Å². The number of aromatic nitrogens is 2. The van der Waals surface area contributed by atoms with Crippen molar-refractivity contribution in [1.82, 2.24) is 19.5 Å². The van der Waals surface area contributed by atoms with Crippen LogP contribution in [-0.4, -0.2) is 66.6 Å². The highest BCUT2D eigenvalue weighted by Crippen LogP contribution is 2.24. The molecule has 1 fully saturated rings. The van der Waals surface area contributed by atoms with E-state index in [2.05, 4.69) is 15.6 Å². The molecule has 3 heterocycles. The smallest absolute Gasteiger partial charge is 0.248 e. The van der Waals surface area contributed by atoms with Crippen molar-refractivity contribution < 1.29 is 22.3 Å². The van der Waals surface area contributed by atoms with Gasteiger partial charge in [0.25, 0.3) is 0 Å². The Morgan fingerprint density at radius 2 is 1.85 bits per heavy atom. The Bertz CT molecular complexity index is 876. The standard InChI is InChI=1S/C15H21N5O5S/c1-10-8-14(25-17-10)16-13(21)9-19-4-6-20(7-5-19)26(22,23)15-11(2)18-24-12(15)3/h8H,4-7,9H2,1-3H3,(H,16,21). The molecular formula is C15H21N5O5S. The van der Waals surface area contributed by atoms with E-state index < -0.39 is 10.0 Å². The molecule has 1 amide bonds. The maximum atomic E-state index is 12.8. The Morgan fingerprint density at radius 1 is 1.15 bits per heavy atom. The minimum Gasteiger partial charge on any atom is -0.360 e. The predicted octanol–water partition coefficient (Wildman–Crippen LogP) is 0.533. The Kier molecular flexibility index (Phi) is 5.12. The van der Waals surface area contributed by atoms with Gasteiger partial charge in [-0.15, -0.1) is 0 Å². The van der Waals surface area contributed by atoms with Crippen molar-refractivity contribution in [2.45, 2.75) is 25.7 Å². The van der Waals surface area contributed by atoms with Crippen molar-refractivity contribution in [2.24, 2.45) is 0 Å². The minimum atomic E-state index is -3.65. The van der Waals surface area contributed by atoms with Crippen LogP contribution >= 0.6 is 0 Å². The lowest BCUT2D eigenvalue weighted by molar-refractivity contribution is -0.117. The molecule has 0 atom stereocenters. The molecule has 26 heavy (non-hydrogen) atoms. The first-order chi connectivity index (χ1) is 12.3. The number of hydrogen-bond donors (Lipinski definition) is 1. The van der Waals surface area contributed by atoms with Crippen LogP contribution < -0.4 is 5.32 Å². The van der Waals surface area contributed by atoms with Crippen molar-refractivity contribution in [2.75, 3.05) is 38.0 Å². The first-order valence-electron chi connectivity index (χ1n) is 8.16. The van der Waals surface area contributed by atoms with Gasteiger partial charge in [0, 0.05) is 32.2 Å². The fraction of sp³-hybridized carbons (Fsp3) is 0.533.